The number of nitrogens with zero attached hydrogens (tertiary/aromatic N) is 3. The van der Waals surface area contributed by atoms with Crippen LogP contribution in [-0.4, -0.2) is 59.9 Å². The third-order valence-electron chi connectivity index (χ3n) is 6.32. The Bertz CT molecular complexity index is 1350. The molecule has 182 valence electrons. The van der Waals surface area contributed by atoms with E-state index in [1.165, 1.54) is 10.4 Å². The lowest BCUT2D eigenvalue weighted by molar-refractivity contribution is 0.0697. The highest BCUT2D eigenvalue weighted by Crippen LogP contribution is 2.24. The number of sulfonamides is 1. The zero-order valence-electron chi connectivity index (χ0n) is 19.9. The summed E-state index contributed by atoms with van der Waals surface area (Å²) in [7, 11) is -1.81. The maximum Gasteiger partial charge on any atom is 0.337 e. The number of aromatic carboxylic acids is 1. The molecule has 0 saturated carbocycles. The van der Waals surface area contributed by atoms with Crippen LogP contribution in [0.1, 0.15) is 34.3 Å². The third kappa shape index (κ3) is 5.59. The second-order valence-corrected chi connectivity index (χ2v) is 10.8. The number of carbonyl (C=O) groups is 1. The molecule has 0 spiro atoms. The standard InChI is InChI=1S/C27H29N3O4S/c1-21-8-10-24(11-9-21)35(33,34)30(20-22-12-17-28(2)18-13-22)19-14-23-6-5-7-25(27(31)32)26(23)29-15-3-4-16-29/h3-11,15-16,22H,12-13,17-18,20H2,1-2H3,(H,31,32). The van der Waals surface area contributed by atoms with Gasteiger partial charge in [0, 0.05) is 25.0 Å². The Morgan fingerprint density at radius 3 is 2.34 bits per heavy atom. The third-order valence-corrected chi connectivity index (χ3v) is 8.00. The van der Waals surface area contributed by atoms with E-state index < -0.39 is 16.0 Å². The van der Waals surface area contributed by atoms with E-state index in [2.05, 4.69) is 23.9 Å². The zero-order valence-corrected chi connectivity index (χ0v) is 20.7. The molecule has 1 saturated heterocycles. The lowest BCUT2D eigenvalue weighted by Gasteiger charge is -2.31. The molecule has 2 aromatic carbocycles. The van der Waals surface area contributed by atoms with E-state index in [4.69, 9.17) is 0 Å². The van der Waals surface area contributed by atoms with Gasteiger partial charge in [0.1, 0.15) is 0 Å². The largest absolute Gasteiger partial charge is 0.478 e. The monoisotopic (exact) mass is 491 g/mol. The van der Waals surface area contributed by atoms with Crippen molar-refractivity contribution in [2.75, 3.05) is 26.7 Å². The van der Waals surface area contributed by atoms with Gasteiger partial charge in [-0.05, 0) is 88.1 Å². The summed E-state index contributed by atoms with van der Waals surface area (Å²) in [4.78, 5) is 14.3. The van der Waals surface area contributed by atoms with Crippen LogP contribution in [0.3, 0.4) is 0 Å². The van der Waals surface area contributed by atoms with Gasteiger partial charge in [0.2, 0.25) is 0 Å². The molecule has 0 radical (unpaired) electrons. The first-order valence-electron chi connectivity index (χ1n) is 11.5. The molecule has 1 aliphatic rings. The molecule has 0 unspecified atom stereocenters. The Morgan fingerprint density at radius 1 is 1.06 bits per heavy atom. The summed E-state index contributed by atoms with van der Waals surface area (Å²) in [6.07, 6.45) is 5.26. The quantitative estimate of drug-likeness (QED) is 0.419. The van der Waals surface area contributed by atoms with Crippen LogP contribution in [0.5, 0.6) is 0 Å². The Kier molecular flexibility index (Phi) is 7.29. The van der Waals surface area contributed by atoms with E-state index >= 15 is 0 Å². The van der Waals surface area contributed by atoms with Crippen LogP contribution in [-0.2, 0) is 10.0 Å². The molecule has 35 heavy (non-hydrogen) atoms. The molecule has 8 heteroatoms. The summed E-state index contributed by atoms with van der Waals surface area (Å²) in [5.41, 5.74) is 1.91. The van der Waals surface area contributed by atoms with Crippen molar-refractivity contribution in [1.82, 2.24) is 13.8 Å². The maximum absolute atomic E-state index is 13.6. The molecular formula is C27H29N3O4S. The number of carboxylic acid groups (broad SMARTS) is 1. The number of hydrogen-bond acceptors (Lipinski definition) is 4. The molecule has 1 aliphatic heterocycles. The molecule has 1 aromatic heterocycles. The first-order valence-corrected chi connectivity index (χ1v) is 13.0. The van der Waals surface area contributed by atoms with Crippen LogP contribution < -0.4 is 0 Å². The van der Waals surface area contributed by atoms with Gasteiger partial charge in [-0.25, -0.2) is 17.5 Å². The molecular weight excluding hydrogens is 462 g/mol. The van der Waals surface area contributed by atoms with Crippen molar-refractivity contribution in [2.45, 2.75) is 24.7 Å². The minimum atomic E-state index is -3.87. The summed E-state index contributed by atoms with van der Waals surface area (Å²) >= 11 is 0. The Morgan fingerprint density at radius 2 is 1.71 bits per heavy atom. The molecule has 0 aliphatic carbocycles. The first kappa shape index (κ1) is 24.6. The van der Waals surface area contributed by atoms with Crippen molar-refractivity contribution >= 4 is 16.0 Å². The fourth-order valence-electron chi connectivity index (χ4n) is 4.22. The van der Waals surface area contributed by atoms with Crippen LogP contribution in [0.15, 0.2) is 71.9 Å². The fourth-order valence-corrected chi connectivity index (χ4v) is 5.53. The number of aromatic nitrogens is 1. The van der Waals surface area contributed by atoms with Crippen LogP contribution in [0.25, 0.3) is 5.69 Å². The van der Waals surface area contributed by atoms with Gasteiger partial charge in [-0.1, -0.05) is 23.8 Å². The van der Waals surface area contributed by atoms with E-state index in [0.29, 0.717) is 11.3 Å². The van der Waals surface area contributed by atoms with E-state index in [9.17, 15) is 18.3 Å². The number of likely N-dealkylation sites (tertiary alicyclic amines) is 1. The van der Waals surface area contributed by atoms with Crippen molar-refractivity contribution in [3.05, 3.63) is 83.7 Å². The smallest absolute Gasteiger partial charge is 0.337 e. The van der Waals surface area contributed by atoms with Crippen LogP contribution in [0.4, 0.5) is 0 Å². The van der Waals surface area contributed by atoms with Crippen LogP contribution in [0, 0.1) is 24.8 Å². The number of rotatable bonds is 6. The fraction of sp³-hybridized carbons (Fsp3) is 0.296. The summed E-state index contributed by atoms with van der Waals surface area (Å²) in [6, 6.07) is 18.1. The Balaban J connectivity index is 1.76. The molecule has 1 N–H and O–H groups in total. The molecule has 0 bridgehead atoms. The molecule has 3 aromatic rings. The van der Waals surface area contributed by atoms with Gasteiger partial charge >= 0.3 is 5.97 Å². The van der Waals surface area contributed by atoms with Crippen LogP contribution in [0.2, 0.25) is 0 Å². The average molecular weight is 492 g/mol. The first-order chi connectivity index (χ1) is 16.8. The molecule has 2 heterocycles. The highest BCUT2D eigenvalue weighted by atomic mass is 32.2. The molecule has 7 nitrogen and oxygen atoms in total. The summed E-state index contributed by atoms with van der Waals surface area (Å²) in [6.45, 7) is 4.02. The minimum Gasteiger partial charge on any atom is -0.478 e. The zero-order chi connectivity index (χ0) is 25.0. The van der Waals surface area contributed by atoms with E-state index in [0.717, 1.165) is 31.5 Å². The van der Waals surface area contributed by atoms with Crippen molar-refractivity contribution in [3.8, 4) is 17.7 Å². The van der Waals surface area contributed by atoms with Gasteiger partial charge in [-0.2, -0.15) is 0 Å². The highest BCUT2D eigenvalue weighted by molar-refractivity contribution is 7.89. The lowest BCUT2D eigenvalue weighted by Crippen LogP contribution is -2.37. The van der Waals surface area contributed by atoms with Crippen molar-refractivity contribution < 1.29 is 18.3 Å². The van der Waals surface area contributed by atoms with Gasteiger partial charge in [0.15, 0.2) is 0 Å². The highest BCUT2D eigenvalue weighted by Gasteiger charge is 2.27. The molecule has 0 amide bonds. The van der Waals surface area contributed by atoms with Gasteiger partial charge in [-0.15, -0.1) is 0 Å². The van der Waals surface area contributed by atoms with Crippen molar-refractivity contribution in [3.63, 3.8) is 0 Å². The van der Waals surface area contributed by atoms with E-state index in [-0.39, 0.29) is 22.9 Å². The van der Waals surface area contributed by atoms with Gasteiger partial charge in [-0.3, -0.25) is 0 Å². The topological polar surface area (TPSA) is 82.9 Å². The lowest BCUT2D eigenvalue weighted by atomic mass is 9.97. The number of para-hydroxylation sites is 1. The summed E-state index contributed by atoms with van der Waals surface area (Å²) < 4.78 is 30.1. The summed E-state index contributed by atoms with van der Waals surface area (Å²) in [5, 5.41) is 9.73. The normalized spacial score (nSPS) is 14.8. The second-order valence-electron chi connectivity index (χ2n) is 8.93. The number of aryl methyl sites for hydroxylation is 1. The van der Waals surface area contributed by atoms with E-state index in [1.807, 2.05) is 6.92 Å². The Labute approximate surface area is 206 Å². The van der Waals surface area contributed by atoms with E-state index in [1.54, 1.807) is 65.5 Å². The van der Waals surface area contributed by atoms with Gasteiger partial charge in [0.25, 0.3) is 10.0 Å². The average Bonchev–Trinajstić information content (AvgIpc) is 3.37. The second kappa shape index (κ2) is 10.4. The van der Waals surface area contributed by atoms with Crippen molar-refractivity contribution in [2.24, 2.45) is 5.92 Å². The van der Waals surface area contributed by atoms with Crippen molar-refractivity contribution in [1.29, 1.82) is 0 Å². The number of carboxylic acids is 1. The maximum atomic E-state index is 13.6. The number of piperidine rings is 1. The molecule has 1 fully saturated rings. The minimum absolute atomic E-state index is 0.0938. The van der Waals surface area contributed by atoms with Gasteiger partial charge < -0.3 is 14.6 Å². The number of hydrogen-bond donors (Lipinski definition) is 1. The SMILES string of the molecule is Cc1ccc(S(=O)(=O)N(C#Cc2cccc(C(=O)O)c2-n2cccc2)CC2CCN(C)CC2)cc1. The Hall–Kier alpha value is -3.54. The predicted molar refractivity (Wildman–Crippen MR) is 135 cm³/mol. The molecule has 0 atom stereocenters. The predicted octanol–water partition coefficient (Wildman–Crippen LogP) is 3.83. The molecule has 4 rings (SSSR count). The van der Waals surface area contributed by atoms with Crippen LogP contribution >= 0.6 is 0 Å². The van der Waals surface area contributed by atoms with Gasteiger partial charge in [0.05, 0.1) is 21.7 Å². The number of benzene rings is 2. The summed E-state index contributed by atoms with van der Waals surface area (Å²) in [5.74, 6) is 2.10.